The van der Waals surface area contributed by atoms with Crippen molar-refractivity contribution in [3.63, 3.8) is 0 Å². The summed E-state index contributed by atoms with van der Waals surface area (Å²) in [5, 5.41) is 9.73. The van der Waals surface area contributed by atoms with E-state index in [9.17, 15) is 4.79 Å². The monoisotopic (exact) mass is 354 g/mol. The van der Waals surface area contributed by atoms with Gasteiger partial charge in [0.1, 0.15) is 5.75 Å². The smallest absolute Gasteiger partial charge is 0.253 e. The molecule has 1 saturated heterocycles. The van der Waals surface area contributed by atoms with Crippen molar-refractivity contribution in [1.29, 1.82) is 5.26 Å². The summed E-state index contributed by atoms with van der Waals surface area (Å²) in [7, 11) is 1.61. The zero-order chi connectivity index (χ0) is 17.8. The van der Waals surface area contributed by atoms with Crippen LogP contribution in [0.5, 0.6) is 5.75 Å². The number of halogens is 1. The number of amides is 1. The molecule has 0 radical (unpaired) electrons. The van der Waals surface area contributed by atoms with Gasteiger partial charge in [-0.3, -0.25) is 4.79 Å². The van der Waals surface area contributed by atoms with Crippen LogP contribution in [0.3, 0.4) is 0 Å². The predicted octanol–water partition coefficient (Wildman–Crippen LogP) is 4.39. The number of hydrogen-bond acceptors (Lipinski definition) is 3. The second-order valence-corrected chi connectivity index (χ2v) is 6.58. The Balaban J connectivity index is 1.91. The minimum Gasteiger partial charge on any atom is -0.496 e. The van der Waals surface area contributed by atoms with Crippen molar-refractivity contribution < 1.29 is 9.53 Å². The van der Waals surface area contributed by atoms with Gasteiger partial charge in [-0.2, -0.15) is 5.26 Å². The molecule has 1 heterocycles. The van der Waals surface area contributed by atoms with Gasteiger partial charge in [-0.15, -0.1) is 0 Å². The number of carbonyl (C=O) groups excluding carboxylic acids is 1. The summed E-state index contributed by atoms with van der Waals surface area (Å²) in [6.07, 6.45) is 1.73. The molecule has 5 heteroatoms. The molecule has 1 aliphatic rings. The Morgan fingerprint density at radius 1 is 1.32 bits per heavy atom. The van der Waals surface area contributed by atoms with Gasteiger partial charge in [-0.1, -0.05) is 23.7 Å². The number of methoxy groups -OCH3 is 1. The minimum atomic E-state index is -0.0751. The fourth-order valence-electron chi connectivity index (χ4n) is 3.18. The molecule has 0 aliphatic carbocycles. The van der Waals surface area contributed by atoms with Crippen molar-refractivity contribution in [2.24, 2.45) is 5.92 Å². The van der Waals surface area contributed by atoms with Crippen LogP contribution < -0.4 is 4.74 Å². The highest BCUT2D eigenvalue weighted by atomic mass is 35.5. The quantitative estimate of drug-likeness (QED) is 0.821. The Kier molecular flexibility index (Phi) is 5.25. The number of likely N-dealkylation sites (tertiary alicyclic amines) is 1. The second-order valence-electron chi connectivity index (χ2n) is 6.14. The number of nitrogens with zero attached hydrogens (tertiary/aromatic N) is 2. The zero-order valence-electron chi connectivity index (χ0n) is 14.0. The molecule has 1 fully saturated rings. The first kappa shape index (κ1) is 17.3. The number of hydrogen-bond donors (Lipinski definition) is 0. The Bertz CT molecular complexity index is 829. The minimum absolute atomic E-state index is 0.0391. The van der Waals surface area contributed by atoms with E-state index in [-0.39, 0.29) is 11.8 Å². The van der Waals surface area contributed by atoms with Crippen LogP contribution in [0.1, 0.15) is 23.2 Å². The van der Waals surface area contributed by atoms with Gasteiger partial charge >= 0.3 is 0 Å². The molecule has 0 bridgehead atoms. The third-order valence-corrected chi connectivity index (χ3v) is 4.71. The SMILES string of the molecule is COc1ccc(Cl)cc1-c1cccc(C(=O)N2CCC[C@H](C#N)C2)c1. The number of rotatable bonds is 3. The van der Waals surface area contributed by atoms with Crippen LogP contribution in [0.4, 0.5) is 0 Å². The van der Waals surface area contributed by atoms with Gasteiger partial charge in [0.25, 0.3) is 5.91 Å². The van der Waals surface area contributed by atoms with Crippen LogP contribution in [0.25, 0.3) is 11.1 Å². The molecule has 2 aromatic carbocycles. The van der Waals surface area contributed by atoms with E-state index in [2.05, 4.69) is 6.07 Å². The van der Waals surface area contributed by atoms with Crippen LogP contribution in [0.2, 0.25) is 5.02 Å². The fraction of sp³-hybridized carbons (Fsp3) is 0.300. The summed E-state index contributed by atoms with van der Waals surface area (Å²) in [5.74, 6) is 0.591. The third-order valence-electron chi connectivity index (χ3n) is 4.47. The molecule has 25 heavy (non-hydrogen) atoms. The molecule has 0 saturated carbocycles. The van der Waals surface area contributed by atoms with Gasteiger partial charge in [-0.05, 0) is 48.7 Å². The van der Waals surface area contributed by atoms with Gasteiger partial charge < -0.3 is 9.64 Å². The number of carbonyl (C=O) groups is 1. The van der Waals surface area contributed by atoms with E-state index >= 15 is 0 Å². The molecule has 1 amide bonds. The molecule has 0 unspecified atom stereocenters. The molecule has 3 rings (SSSR count). The van der Waals surface area contributed by atoms with E-state index in [4.69, 9.17) is 21.6 Å². The van der Waals surface area contributed by atoms with Crippen LogP contribution >= 0.6 is 11.6 Å². The lowest BCUT2D eigenvalue weighted by Gasteiger charge is -2.29. The molecule has 128 valence electrons. The highest BCUT2D eigenvalue weighted by Crippen LogP contribution is 2.33. The van der Waals surface area contributed by atoms with Crippen molar-refractivity contribution in [2.45, 2.75) is 12.8 Å². The fourth-order valence-corrected chi connectivity index (χ4v) is 3.35. The van der Waals surface area contributed by atoms with Gasteiger partial charge in [0, 0.05) is 29.2 Å². The second kappa shape index (κ2) is 7.58. The Hall–Kier alpha value is -2.51. The van der Waals surface area contributed by atoms with E-state index < -0.39 is 0 Å². The molecule has 0 N–H and O–H groups in total. The van der Waals surface area contributed by atoms with Gasteiger partial charge in [-0.25, -0.2) is 0 Å². The number of nitriles is 1. The third kappa shape index (κ3) is 3.78. The molecular weight excluding hydrogens is 336 g/mol. The van der Waals surface area contributed by atoms with E-state index in [1.807, 2.05) is 30.3 Å². The lowest BCUT2D eigenvalue weighted by molar-refractivity contribution is 0.0699. The van der Waals surface area contributed by atoms with E-state index in [1.54, 1.807) is 24.1 Å². The molecule has 1 aliphatic heterocycles. The van der Waals surface area contributed by atoms with Crippen LogP contribution in [-0.2, 0) is 0 Å². The average Bonchev–Trinajstić information content (AvgIpc) is 2.67. The van der Waals surface area contributed by atoms with Gasteiger partial charge in [0.05, 0.1) is 19.1 Å². The maximum Gasteiger partial charge on any atom is 0.253 e. The summed E-state index contributed by atoms with van der Waals surface area (Å²) in [6.45, 7) is 1.20. The van der Waals surface area contributed by atoms with Crippen molar-refractivity contribution >= 4 is 17.5 Å². The summed E-state index contributed by atoms with van der Waals surface area (Å²) in [4.78, 5) is 14.6. The normalized spacial score (nSPS) is 17.0. The van der Waals surface area contributed by atoms with Crippen LogP contribution in [0.15, 0.2) is 42.5 Å². The van der Waals surface area contributed by atoms with Crippen molar-refractivity contribution in [3.05, 3.63) is 53.1 Å². The molecular formula is C20H19ClN2O2. The first-order chi connectivity index (χ1) is 12.1. The molecule has 4 nitrogen and oxygen atoms in total. The average molecular weight is 355 g/mol. The van der Waals surface area contributed by atoms with E-state index in [0.717, 1.165) is 24.0 Å². The highest BCUT2D eigenvalue weighted by Gasteiger charge is 2.24. The first-order valence-electron chi connectivity index (χ1n) is 8.25. The van der Waals surface area contributed by atoms with Crippen molar-refractivity contribution in [1.82, 2.24) is 4.90 Å². The maximum atomic E-state index is 12.8. The molecule has 2 aromatic rings. The Morgan fingerprint density at radius 3 is 2.92 bits per heavy atom. The molecule has 0 spiro atoms. The first-order valence-corrected chi connectivity index (χ1v) is 8.63. The summed E-state index contributed by atoms with van der Waals surface area (Å²) in [6, 6.07) is 15.1. The van der Waals surface area contributed by atoms with Crippen LogP contribution in [-0.4, -0.2) is 31.0 Å². The number of piperidine rings is 1. The predicted molar refractivity (Wildman–Crippen MR) is 97.7 cm³/mol. The molecule has 0 aromatic heterocycles. The molecule has 1 atom stereocenters. The lowest BCUT2D eigenvalue weighted by atomic mass is 9.98. The van der Waals surface area contributed by atoms with Gasteiger partial charge in [0.2, 0.25) is 0 Å². The van der Waals surface area contributed by atoms with Crippen molar-refractivity contribution in [3.8, 4) is 22.9 Å². The highest BCUT2D eigenvalue weighted by molar-refractivity contribution is 6.31. The number of benzene rings is 2. The van der Waals surface area contributed by atoms with E-state index in [0.29, 0.717) is 29.4 Å². The zero-order valence-corrected chi connectivity index (χ0v) is 14.8. The topological polar surface area (TPSA) is 53.3 Å². The van der Waals surface area contributed by atoms with Gasteiger partial charge in [0.15, 0.2) is 0 Å². The summed E-state index contributed by atoms with van der Waals surface area (Å²) >= 11 is 6.12. The maximum absolute atomic E-state index is 12.8. The number of ether oxygens (including phenoxy) is 1. The standard InChI is InChI=1S/C20H19ClN2O2/c1-25-19-8-7-17(21)11-18(19)15-5-2-6-16(10-15)20(24)23-9-3-4-14(12-22)13-23/h2,5-8,10-11,14H,3-4,9,13H2,1H3/t14-/m1/s1. The van der Waals surface area contributed by atoms with Crippen LogP contribution in [0, 0.1) is 17.2 Å². The largest absolute Gasteiger partial charge is 0.496 e. The summed E-state index contributed by atoms with van der Waals surface area (Å²) < 4.78 is 5.41. The summed E-state index contributed by atoms with van der Waals surface area (Å²) in [5.41, 5.74) is 2.33. The van der Waals surface area contributed by atoms with E-state index in [1.165, 1.54) is 0 Å². The lowest BCUT2D eigenvalue weighted by Crippen LogP contribution is -2.39. The Labute approximate surface area is 152 Å². The Morgan fingerprint density at radius 2 is 2.16 bits per heavy atom. The van der Waals surface area contributed by atoms with Crippen molar-refractivity contribution in [2.75, 3.05) is 20.2 Å².